The van der Waals surface area contributed by atoms with Crippen molar-refractivity contribution >= 4 is 27.7 Å². The maximum atomic E-state index is 12.4. The van der Waals surface area contributed by atoms with Gasteiger partial charge in [0.1, 0.15) is 0 Å². The summed E-state index contributed by atoms with van der Waals surface area (Å²) < 4.78 is 0.864. The Balaban J connectivity index is 2.83. The van der Waals surface area contributed by atoms with Crippen LogP contribution in [0.1, 0.15) is 36.7 Å². The zero-order chi connectivity index (χ0) is 15.3. The van der Waals surface area contributed by atoms with Gasteiger partial charge in [-0.15, -0.1) is 0 Å². The molecule has 0 atom stereocenters. The summed E-state index contributed by atoms with van der Waals surface area (Å²) in [6, 6.07) is 5.62. The number of amides is 2. The molecular weight excluding hydrogens is 320 g/mol. The highest BCUT2D eigenvalue weighted by Crippen LogP contribution is 2.16. The van der Waals surface area contributed by atoms with E-state index in [9.17, 15) is 9.59 Å². The van der Waals surface area contributed by atoms with Crippen LogP contribution >= 0.6 is 15.9 Å². The highest BCUT2D eigenvalue weighted by molar-refractivity contribution is 9.10. The molecule has 0 radical (unpaired) electrons. The number of nitrogens with one attached hydrogen (secondary N) is 1. The highest BCUT2D eigenvalue weighted by Gasteiger charge is 2.18. The molecule has 0 unspecified atom stereocenters. The summed E-state index contributed by atoms with van der Waals surface area (Å²) in [6.45, 7) is 8.17. The van der Waals surface area contributed by atoms with E-state index in [2.05, 4.69) is 21.2 Å². The van der Waals surface area contributed by atoms with Crippen molar-refractivity contribution in [3.8, 4) is 0 Å². The average molecular weight is 341 g/mol. The largest absolute Gasteiger partial charge is 0.352 e. The Kier molecular flexibility index (Phi) is 6.20. The molecule has 0 aliphatic heterocycles. The molecule has 2 amide bonds. The molecule has 110 valence electrons. The van der Waals surface area contributed by atoms with Crippen LogP contribution in [0.2, 0.25) is 0 Å². The van der Waals surface area contributed by atoms with E-state index < -0.39 is 0 Å². The van der Waals surface area contributed by atoms with Crippen molar-refractivity contribution < 1.29 is 9.59 Å². The predicted molar refractivity (Wildman–Crippen MR) is 83.7 cm³/mol. The van der Waals surface area contributed by atoms with Gasteiger partial charge < -0.3 is 10.2 Å². The minimum Gasteiger partial charge on any atom is -0.352 e. The van der Waals surface area contributed by atoms with E-state index in [-0.39, 0.29) is 24.4 Å². The van der Waals surface area contributed by atoms with Crippen LogP contribution in [0.5, 0.6) is 0 Å². The fourth-order valence-electron chi connectivity index (χ4n) is 1.91. The van der Waals surface area contributed by atoms with Crippen LogP contribution in [0.3, 0.4) is 0 Å². The first kappa shape index (κ1) is 16.7. The molecule has 1 aromatic rings. The lowest BCUT2D eigenvalue weighted by molar-refractivity contribution is -0.122. The number of benzene rings is 1. The maximum Gasteiger partial charge on any atom is 0.254 e. The van der Waals surface area contributed by atoms with E-state index in [4.69, 9.17) is 0 Å². The monoisotopic (exact) mass is 340 g/mol. The fourth-order valence-corrected chi connectivity index (χ4v) is 2.52. The number of hydrogen-bond acceptors (Lipinski definition) is 2. The van der Waals surface area contributed by atoms with Crippen LogP contribution < -0.4 is 5.32 Å². The molecular formula is C15H21BrN2O2. The van der Waals surface area contributed by atoms with E-state index >= 15 is 0 Å². The summed E-state index contributed by atoms with van der Waals surface area (Å²) in [5, 5.41) is 2.79. The SMILES string of the molecule is CCN(CC(=O)NC(C)C)C(=O)c1cc(C)cc(Br)c1. The molecule has 1 aromatic carbocycles. The van der Waals surface area contributed by atoms with Crippen LogP contribution in [0.4, 0.5) is 0 Å². The van der Waals surface area contributed by atoms with E-state index in [0.717, 1.165) is 10.0 Å². The minimum absolute atomic E-state index is 0.0735. The number of rotatable bonds is 5. The van der Waals surface area contributed by atoms with Crippen LogP contribution in [0.25, 0.3) is 0 Å². The Morgan fingerprint density at radius 3 is 2.45 bits per heavy atom. The van der Waals surface area contributed by atoms with Crippen molar-refractivity contribution in [2.24, 2.45) is 0 Å². The lowest BCUT2D eigenvalue weighted by Crippen LogP contribution is -2.42. The number of hydrogen-bond donors (Lipinski definition) is 1. The van der Waals surface area contributed by atoms with Crippen LogP contribution in [-0.2, 0) is 4.79 Å². The molecule has 0 bridgehead atoms. The van der Waals surface area contributed by atoms with Crippen LogP contribution in [-0.4, -0.2) is 35.8 Å². The van der Waals surface area contributed by atoms with Crippen molar-refractivity contribution in [2.45, 2.75) is 33.7 Å². The summed E-state index contributed by atoms with van der Waals surface area (Å²) in [7, 11) is 0. The molecule has 0 saturated carbocycles. The topological polar surface area (TPSA) is 49.4 Å². The Labute approximate surface area is 128 Å². The lowest BCUT2D eigenvalue weighted by Gasteiger charge is -2.21. The quantitative estimate of drug-likeness (QED) is 0.895. The van der Waals surface area contributed by atoms with Crippen molar-refractivity contribution in [1.82, 2.24) is 10.2 Å². The molecule has 4 nitrogen and oxygen atoms in total. The maximum absolute atomic E-state index is 12.4. The van der Waals surface area contributed by atoms with Crippen LogP contribution in [0.15, 0.2) is 22.7 Å². The fraction of sp³-hybridized carbons (Fsp3) is 0.467. The number of likely N-dealkylation sites (N-methyl/N-ethyl adjacent to an activating group) is 1. The van der Waals surface area contributed by atoms with Gasteiger partial charge in [0.15, 0.2) is 0 Å². The van der Waals surface area contributed by atoms with Crippen molar-refractivity contribution in [2.75, 3.05) is 13.1 Å². The first-order valence-corrected chi connectivity index (χ1v) is 7.48. The van der Waals surface area contributed by atoms with Gasteiger partial charge in [-0.2, -0.15) is 0 Å². The second-order valence-corrected chi connectivity index (χ2v) is 5.97. The Hall–Kier alpha value is -1.36. The molecule has 1 rings (SSSR count). The molecule has 20 heavy (non-hydrogen) atoms. The van der Waals surface area contributed by atoms with Crippen LogP contribution in [0, 0.1) is 6.92 Å². The van der Waals surface area contributed by atoms with Gasteiger partial charge in [-0.05, 0) is 51.5 Å². The van der Waals surface area contributed by atoms with Gasteiger partial charge in [0.05, 0.1) is 6.54 Å². The number of carbonyl (C=O) groups is 2. The minimum atomic E-state index is -0.137. The Bertz CT molecular complexity index is 480. The number of nitrogens with zero attached hydrogens (tertiary/aromatic N) is 1. The number of halogens is 1. The van der Waals surface area contributed by atoms with Crippen molar-refractivity contribution in [3.05, 3.63) is 33.8 Å². The lowest BCUT2D eigenvalue weighted by atomic mass is 10.1. The van der Waals surface area contributed by atoms with E-state index in [1.165, 1.54) is 0 Å². The standard InChI is InChI=1S/C15H21BrN2O2/c1-5-18(9-14(19)17-10(2)3)15(20)12-6-11(4)7-13(16)8-12/h6-8,10H,5,9H2,1-4H3,(H,17,19). The first-order valence-electron chi connectivity index (χ1n) is 6.69. The molecule has 5 heteroatoms. The van der Waals surface area contributed by atoms with E-state index in [1.807, 2.05) is 39.8 Å². The summed E-state index contributed by atoms with van der Waals surface area (Å²) in [5.41, 5.74) is 1.60. The molecule has 0 spiro atoms. The zero-order valence-electron chi connectivity index (χ0n) is 12.4. The smallest absolute Gasteiger partial charge is 0.254 e. The van der Waals surface area contributed by atoms with Gasteiger partial charge in [0, 0.05) is 22.6 Å². The summed E-state index contributed by atoms with van der Waals surface area (Å²) in [6.07, 6.45) is 0. The Morgan fingerprint density at radius 2 is 1.95 bits per heavy atom. The van der Waals surface area contributed by atoms with Gasteiger partial charge in [0.2, 0.25) is 5.91 Å². The third kappa shape index (κ3) is 4.96. The van der Waals surface area contributed by atoms with Crippen molar-refractivity contribution in [3.63, 3.8) is 0 Å². The highest BCUT2D eigenvalue weighted by atomic mass is 79.9. The summed E-state index contributed by atoms with van der Waals surface area (Å²) in [5.74, 6) is -0.266. The second kappa shape index (κ2) is 7.43. The summed E-state index contributed by atoms with van der Waals surface area (Å²) in [4.78, 5) is 25.7. The molecule has 0 aliphatic rings. The van der Waals surface area contributed by atoms with Gasteiger partial charge in [-0.25, -0.2) is 0 Å². The van der Waals surface area contributed by atoms with Gasteiger partial charge in [-0.1, -0.05) is 15.9 Å². The first-order chi connectivity index (χ1) is 9.33. The molecule has 0 aliphatic carbocycles. The molecule has 0 saturated heterocycles. The normalized spacial score (nSPS) is 10.5. The van der Waals surface area contributed by atoms with Gasteiger partial charge in [-0.3, -0.25) is 9.59 Å². The van der Waals surface area contributed by atoms with Gasteiger partial charge in [0.25, 0.3) is 5.91 Å². The third-order valence-electron chi connectivity index (χ3n) is 2.74. The molecule has 1 N–H and O–H groups in total. The molecule has 0 heterocycles. The third-order valence-corrected chi connectivity index (χ3v) is 3.20. The predicted octanol–water partition coefficient (Wildman–Crippen LogP) is 2.74. The number of aryl methyl sites for hydroxylation is 1. The second-order valence-electron chi connectivity index (χ2n) is 5.06. The van der Waals surface area contributed by atoms with Gasteiger partial charge >= 0.3 is 0 Å². The molecule has 0 aromatic heterocycles. The molecule has 0 fully saturated rings. The van der Waals surface area contributed by atoms with E-state index in [1.54, 1.807) is 11.0 Å². The van der Waals surface area contributed by atoms with Crippen molar-refractivity contribution in [1.29, 1.82) is 0 Å². The average Bonchev–Trinajstić information content (AvgIpc) is 2.33. The van der Waals surface area contributed by atoms with E-state index in [0.29, 0.717) is 12.1 Å². The Morgan fingerprint density at radius 1 is 1.30 bits per heavy atom. The summed E-state index contributed by atoms with van der Waals surface area (Å²) >= 11 is 3.39. The zero-order valence-corrected chi connectivity index (χ0v) is 14.0. The number of carbonyl (C=O) groups excluding carboxylic acids is 2.